The molecule has 1 heterocycles. The second-order valence-electron chi connectivity index (χ2n) is 6.57. The number of aromatic nitrogens is 1. The van der Waals surface area contributed by atoms with Gasteiger partial charge in [-0.05, 0) is 24.3 Å². The second kappa shape index (κ2) is 9.23. The average Bonchev–Trinajstić information content (AvgIpc) is 3.03. The molecule has 2 aromatic carbocycles. The molecule has 3 aromatic rings. The standard InChI is InChI=1S/C20H19N3O5S2/c1-12(2)29-15-6-4-5-13(9-15)19(25)21-20-22(11-18(24)28-3)16-10-14(23(26)27)7-8-17(16)30-20/h4-10,12H,11H2,1-3H3. The van der Waals surface area contributed by atoms with Gasteiger partial charge in [0.05, 0.1) is 22.2 Å². The Morgan fingerprint density at radius 1 is 1.27 bits per heavy atom. The van der Waals surface area contributed by atoms with Gasteiger partial charge in [-0.1, -0.05) is 31.3 Å². The van der Waals surface area contributed by atoms with Crippen LogP contribution >= 0.6 is 23.1 Å². The molecule has 1 amide bonds. The highest BCUT2D eigenvalue weighted by atomic mass is 32.2. The molecule has 3 rings (SSSR count). The van der Waals surface area contributed by atoms with Crippen molar-refractivity contribution in [3.63, 3.8) is 0 Å². The Morgan fingerprint density at radius 3 is 2.70 bits per heavy atom. The first-order valence-corrected chi connectivity index (χ1v) is 10.7. The summed E-state index contributed by atoms with van der Waals surface area (Å²) >= 11 is 2.81. The van der Waals surface area contributed by atoms with Crippen LogP contribution in [0.2, 0.25) is 0 Å². The number of thioether (sulfide) groups is 1. The van der Waals surface area contributed by atoms with Crippen LogP contribution in [-0.4, -0.2) is 33.7 Å². The maximum Gasteiger partial charge on any atom is 0.325 e. The fraction of sp³-hybridized carbons (Fsp3) is 0.250. The number of amides is 1. The number of esters is 1. The number of fused-ring (bicyclic) bond motifs is 1. The van der Waals surface area contributed by atoms with Crippen LogP contribution < -0.4 is 4.80 Å². The smallest absolute Gasteiger partial charge is 0.325 e. The fourth-order valence-electron chi connectivity index (χ4n) is 2.73. The molecular weight excluding hydrogens is 426 g/mol. The van der Waals surface area contributed by atoms with Crippen LogP contribution in [0.15, 0.2) is 52.4 Å². The minimum atomic E-state index is -0.551. The van der Waals surface area contributed by atoms with E-state index in [9.17, 15) is 19.7 Å². The quantitative estimate of drug-likeness (QED) is 0.246. The number of hydrogen-bond donors (Lipinski definition) is 0. The number of nitro benzene ring substituents is 1. The first kappa shape index (κ1) is 21.7. The van der Waals surface area contributed by atoms with Crippen molar-refractivity contribution in [2.45, 2.75) is 30.5 Å². The highest BCUT2D eigenvalue weighted by Gasteiger charge is 2.16. The van der Waals surface area contributed by atoms with E-state index in [0.29, 0.717) is 21.0 Å². The van der Waals surface area contributed by atoms with Crippen molar-refractivity contribution in [3.05, 3.63) is 62.9 Å². The number of methoxy groups -OCH3 is 1. The molecule has 0 unspecified atom stereocenters. The minimum absolute atomic E-state index is 0.116. The number of nitrogens with zero attached hydrogens (tertiary/aromatic N) is 3. The molecule has 30 heavy (non-hydrogen) atoms. The van der Waals surface area contributed by atoms with Gasteiger partial charge in [0.1, 0.15) is 6.54 Å². The van der Waals surface area contributed by atoms with Crippen LogP contribution in [0.25, 0.3) is 10.2 Å². The van der Waals surface area contributed by atoms with E-state index in [4.69, 9.17) is 4.74 Å². The Balaban J connectivity index is 2.10. The molecule has 1 aromatic heterocycles. The Morgan fingerprint density at radius 2 is 2.03 bits per heavy atom. The molecule has 0 bridgehead atoms. The van der Waals surface area contributed by atoms with E-state index in [1.807, 2.05) is 6.07 Å². The average molecular weight is 446 g/mol. The summed E-state index contributed by atoms with van der Waals surface area (Å²) in [7, 11) is 1.25. The summed E-state index contributed by atoms with van der Waals surface area (Å²) in [5, 5.41) is 11.5. The number of carbonyl (C=O) groups is 2. The van der Waals surface area contributed by atoms with Gasteiger partial charge in [-0.15, -0.1) is 11.8 Å². The molecular formula is C20H19N3O5S2. The van der Waals surface area contributed by atoms with Crippen LogP contribution in [0.3, 0.4) is 0 Å². The van der Waals surface area contributed by atoms with E-state index in [0.717, 1.165) is 4.90 Å². The minimum Gasteiger partial charge on any atom is -0.468 e. The van der Waals surface area contributed by atoms with Crippen LogP contribution in [-0.2, 0) is 16.1 Å². The van der Waals surface area contributed by atoms with Crippen LogP contribution in [0.5, 0.6) is 0 Å². The van der Waals surface area contributed by atoms with Crippen LogP contribution in [0.1, 0.15) is 24.2 Å². The summed E-state index contributed by atoms with van der Waals surface area (Å²) in [5.74, 6) is -1.01. The zero-order valence-electron chi connectivity index (χ0n) is 16.5. The van der Waals surface area contributed by atoms with Crippen molar-refractivity contribution in [1.29, 1.82) is 0 Å². The summed E-state index contributed by atoms with van der Waals surface area (Å²) in [6.45, 7) is 3.92. The lowest BCUT2D eigenvalue weighted by Crippen LogP contribution is -2.22. The first-order valence-electron chi connectivity index (χ1n) is 8.99. The number of thiazole rings is 1. The third kappa shape index (κ3) is 4.95. The van der Waals surface area contributed by atoms with E-state index >= 15 is 0 Å². The maximum absolute atomic E-state index is 12.8. The highest BCUT2D eigenvalue weighted by molar-refractivity contribution is 7.99. The molecule has 0 radical (unpaired) electrons. The van der Waals surface area contributed by atoms with Crippen LogP contribution in [0, 0.1) is 10.1 Å². The van der Waals surface area contributed by atoms with Gasteiger partial charge in [0.2, 0.25) is 0 Å². The number of benzene rings is 2. The van der Waals surface area contributed by atoms with E-state index in [1.165, 1.54) is 35.1 Å². The Labute approximate surface area is 180 Å². The lowest BCUT2D eigenvalue weighted by Gasteiger charge is -2.06. The Hall–Kier alpha value is -2.98. The predicted molar refractivity (Wildman–Crippen MR) is 116 cm³/mol. The van der Waals surface area contributed by atoms with Crippen molar-refractivity contribution in [2.75, 3.05) is 7.11 Å². The molecule has 0 atom stereocenters. The molecule has 0 saturated heterocycles. The molecule has 0 spiro atoms. The molecule has 156 valence electrons. The van der Waals surface area contributed by atoms with Crippen LogP contribution in [0.4, 0.5) is 5.69 Å². The molecule has 8 nitrogen and oxygen atoms in total. The van der Waals surface area contributed by atoms with E-state index in [1.54, 1.807) is 36.0 Å². The van der Waals surface area contributed by atoms with Gasteiger partial charge < -0.3 is 9.30 Å². The third-order valence-electron chi connectivity index (χ3n) is 4.04. The van der Waals surface area contributed by atoms with E-state index in [-0.39, 0.29) is 17.0 Å². The third-order valence-corrected chi connectivity index (χ3v) is 6.10. The molecule has 0 aliphatic heterocycles. The van der Waals surface area contributed by atoms with Gasteiger partial charge >= 0.3 is 5.97 Å². The number of carbonyl (C=O) groups excluding carboxylic acids is 2. The zero-order chi connectivity index (χ0) is 21.8. The Bertz CT molecular complexity index is 1200. The number of ether oxygens (including phenoxy) is 1. The lowest BCUT2D eigenvalue weighted by molar-refractivity contribution is -0.384. The largest absolute Gasteiger partial charge is 0.468 e. The number of hydrogen-bond acceptors (Lipinski definition) is 7. The number of nitro groups is 1. The summed E-state index contributed by atoms with van der Waals surface area (Å²) < 4.78 is 6.86. The number of non-ortho nitro benzene ring substituents is 1. The van der Waals surface area contributed by atoms with Crippen molar-refractivity contribution in [1.82, 2.24) is 4.57 Å². The lowest BCUT2D eigenvalue weighted by atomic mass is 10.2. The summed E-state index contributed by atoms with van der Waals surface area (Å²) in [5.41, 5.74) is 0.749. The topological polar surface area (TPSA) is 104 Å². The summed E-state index contributed by atoms with van der Waals surface area (Å²) in [4.78, 5) is 40.8. The van der Waals surface area contributed by atoms with Crippen molar-refractivity contribution < 1.29 is 19.2 Å². The van der Waals surface area contributed by atoms with Gasteiger partial charge in [0.15, 0.2) is 4.80 Å². The van der Waals surface area contributed by atoms with Crippen molar-refractivity contribution in [2.24, 2.45) is 4.99 Å². The molecule has 0 aliphatic rings. The van der Waals surface area contributed by atoms with Gasteiger partial charge in [-0.3, -0.25) is 19.7 Å². The van der Waals surface area contributed by atoms with Gasteiger partial charge in [0.25, 0.3) is 11.6 Å². The monoisotopic (exact) mass is 445 g/mol. The summed E-state index contributed by atoms with van der Waals surface area (Å²) in [6, 6.07) is 11.5. The second-order valence-corrected chi connectivity index (χ2v) is 9.23. The van der Waals surface area contributed by atoms with Crippen molar-refractivity contribution >= 4 is 50.9 Å². The molecule has 0 N–H and O–H groups in total. The SMILES string of the molecule is COC(=O)Cn1c(=NC(=O)c2cccc(SC(C)C)c2)sc2ccc([N+](=O)[O-])cc21. The first-order chi connectivity index (χ1) is 14.3. The maximum atomic E-state index is 12.8. The summed E-state index contributed by atoms with van der Waals surface area (Å²) in [6.07, 6.45) is 0. The normalized spacial score (nSPS) is 11.8. The Kier molecular flexibility index (Phi) is 6.68. The predicted octanol–water partition coefficient (Wildman–Crippen LogP) is 4.03. The van der Waals surface area contributed by atoms with E-state index < -0.39 is 16.8 Å². The molecule has 0 fully saturated rings. The highest BCUT2D eigenvalue weighted by Crippen LogP contribution is 2.25. The zero-order valence-corrected chi connectivity index (χ0v) is 18.2. The molecule has 0 saturated carbocycles. The molecule has 0 aliphatic carbocycles. The van der Waals surface area contributed by atoms with E-state index in [2.05, 4.69) is 18.8 Å². The van der Waals surface area contributed by atoms with Gasteiger partial charge in [0, 0.05) is 27.8 Å². The van der Waals surface area contributed by atoms with Gasteiger partial charge in [-0.2, -0.15) is 4.99 Å². The van der Waals surface area contributed by atoms with Gasteiger partial charge in [-0.25, -0.2) is 0 Å². The molecule has 10 heteroatoms. The number of rotatable bonds is 6. The van der Waals surface area contributed by atoms with Crippen molar-refractivity contribution in [3.8, 4) is 0 Å². The fourth-order valence-corrected chi connectivity index (χ4v) is 4.63.